The average Bonchev–Trinajstić information content (AvgIpc) is 2.60. The molecule has 0 bridgehead atoms. The number of benzene rings is 2. The van der Waals surface area contributed by atoms with Gasteiger partial charge in [-0.1, -0.05) is 29.8 Å². The lowest BCUT2D eigenvalue weighted by Crippen LogP contribution is -2.34. The van der Waals surface area contributed by atoms with Crippen molar-refractivity contribution in [1.29, 1.82) is 0 Å². The van der Waals surface area contributed by atoms with Crippen molar-refractivity contribution in [1.82, 2.24) is 5.32 Å². The lowest BCUT2D eigenvalue weighted by molar-refractivity contribution is -0.121. The molecule has 2 aromatic rings. The first kappa shape index (κ1) is 20.1. The van der Waals surface area contributed by atoms with Gasteiger partial charge in [-0.05, 0) is 30.3 Å². The molecular weight excluding hydrogens is 376 g/mol. The minimum Gasteiger partial charge on any atom is -0.496 e. The van der Waals surface area contributed by atoms with E-state index in [1.807, 2.05) is 24.3 Å². The van der Waals surface area contributed by atoms with E-state index >= 15 is 0 Å². The summed E-state index contributed by atoms with van der Waals surface area (Å²) in [6, 6.07) is 13.8. The highest BCUT2D eigenvalue weighted by molar-refractivity contribution is 7.92. The van der Waals surface area contributed by atoms with Crippen LogP contribution in [0.25, 0.3) is 0 Å². The second-order valence-electron chi connectivity index (χ2n) is 5.65. The van der Waals surface area contributed by atoms with Crippen molar-refractivity contribution in [3.05, 3.63) is 59.1 Å². The Labute approximate surface area is 158 Å². The SMILES string of the molecule is COc1ccccc1CNC(=O)CCN(c1ccc(Cl)cc1)S(C)(=O)=O. The van der Waals surface area contributed by atoms with Crippen LogP contribution in [0.5, 0.6) is 5.75 Å². The zero-order chi connectivity index (χ0) is 19.2. The predicted octanol–water partition coefficient (Wildman–Crippen LogP) is 2.82. The Morgan fingerprint density at radius 3 is 2.42 bits per heavy atom. The quantitative estimate of drug-likeness (QED) is 0.744. The third-order valence-electron chi connectivity index (χ3n) is 3.73. The molecule has 0 aliphatic heterocycles. The summed E-state index contributed by atoms with van der Waals surface area (Å²) < 4.78 is 30.5. The Balaban J connectivity index is 1.98. The molecule has 0 radical (unpaired) electrons. The number of amides is 1. The number of nitrogens with one attached hydrogen (secondary N) is 1. The molecule has 0 saturated heterocycles. The highest BCUT2D eigenvalue weighted by Gasteiger charge is 2.18. The van der Waals surface area contributed by atoms with E-state index < -0.39 is 10.0 Å². The van der Waals surface area contributed by atoms with Gasteiger partial charge in [0.2, 0.25) is 15.9 Å². The number of para-hydroxylation sites is 1. The Kier molecular flexibility index (Phi) is 6.88. The average molecular weight is 397 g/mol. The monoisotopic (exact) mass is 396 g/mol. The molecule has 6 nitrogen and oxygen atoms in total. The Bertz CT molecular complexity index is 854. The second-order valence-corrected chi connectivity index (χ2v) is 7.99. The first-order valence-electron chi connectivity index (χ1n) is 7.93. The molecule has 0 spiro atoms. The van der Waals surface area contributed by atoms with Crippen LogP contribution in [-0.4, -0.2) is 34.2 Å². The van der Waals surface area contributed by atoms with E-state index in [0.717, 1.165) is 11.8 Å². The van der Waals surface area contributed by atoms with E-state index in [0.29, 0.717) is 23.0 Å². The van der Waals surface area contributed by atoms with Crippen LogP contribution >= 0.6 is 11.6 Å². The molecule has 8 heteroatoms. The number of hydrogen-bond acceptors (Lipinski definition) is 4. The van der Waals surface area contributed by atoms with Crippen molar-refractivity contribution < 1.29 is 17.9 Å². The van der Waals surface area contributed by atoms with Gasteiger partial charge in [0.1, 0.15) is 5.75 Å². The number of rotatable bonds is 8. The van der Waals surface area contributed by atoms with Gasteiger partial charge in [0.05, 0.1) is 19.1 Å². The summed E-state index contributed by atoms with van der Waals surface area (Å²) in [5.74, 6) is 0.435. The molecule has 0 unspecified atom stereocenters. The fourth-order valence-corrected chi connectivity index (χ4v) is 3.48. The summed E-state index contributed by atoms with van der Waals surface area (Å²) in [6.07, 6.45) is 1.14. The molecule has 0 saturated carbocycles. The summed E-state index contributed by atoms with van der Waals surface area (Å²) in [7, 11) is -1.95. The summed E-state index contributed by atoms with van der Waals surface area (Å²) in [4.78, 5) is 12.1. The van der Waals surface area contributed by atoms with Gasteiger partial charge in [0.25, 0.3) is 0 Å². The zero-order valence-corrected chi connectivity index (χ0v) is 16.2. The maximum absolute atomic E-state index is 12.1. The fraction of sp³-hybridized carbons (Fsp3) is 0.278. The molecule has 2 aromatic carbocycles. The Morgan fingerprint density at radius 1 is 1.15 bits per heavy atom. The van der Waals surface area contributed by atoms with Gasteiger partial charge in [-0.25, -0.2) is 8.42 Å². The molecule has 0 aliphatic rings. The largest absolute Gasteiger partial charge is 0.496 e. The van der Waals surface area contributed by atoms with Crippen LogP contribution in [0.2, 0.25) is 5.02 Å². The highest BCUT2D eigenvalue weighted by atomic mass is 35.5. The van der Waals surface area contributed by atoms with Crippen LogP contribution in [0, 0.1) is 0 Å². The van der Waals surface area contributed by atoms with Crippen molar-refractivity contribution >= 4 is 33.2 Å². The topological polar surface area (TPSA) is 75.7 Å². The van der Waals surface area contributed by atoms with Gasteiger partial charge in [0, 0.05) is 30.1 Å². The number of sulfonamides is 1. The van der Waals surface area contributed by atoms with Crippen molar-refractivity contribution in [2.75, 3.05) is 24.2 Å². The number of ether oxygens (including phenoxy) is 1. The van der Waals surface area contributed by atoms with Crippen LogP contribution in [0.15, 0.2) is 48.5 Å². The molecule has 1 amide bonds. The normalized spacial score (nSPS) is 11.0. The third-order valence-corrected chi connectivity index (χ3v) is 5.17. The molecule has 0 aromatic heterocycles. The molecule has 140 valence electrons. The molecule has 0 aliphatic carbocycles. The van der Waals surface area contributed by atoms with Gasteiger partial charge in [-0.2, -0.15) is 0 Å². The number of hydrogen-bond donors (Lipinski definition) is 1. The molecule has 1 N–H and O–H groups in total. The van der Waals surface area contributed by atoms with E-state index in [2.05, 4.69) is 5.32 Å². The van der Waals surface area contributed by atoms with Crippen LogP contribution in [0.1, 0.15) is 12.0 Å². The van der Waals surface area contributed by atoms with Gasteiger partial charge < -0.3 is 10.1 Å². The number of nitrogens with zero attached hydrogens (tertiary/aromatic N) is 1. The highest BCUT2D eigenvalue weighted by Crippen LogP contribution is 2.21. The number of methoxy groups -OCH3 is 1. The molecule has 0 fully saturated rings. The number of halogens is 1. The van der Waals surface area contributed by atoms with Crippen LogP contribution in [-0.2, 0) is 21.4 Å². The van der Waals surface area contributed by atoms with Gasteiger partial charge >= 0.3 is 0 Å². The Hall–Kier alpha value is -2.25. The smallest absolute Gasteiger partial charge is 0.232 e. The lowest BCUT2D eigenvalue weighted by Gasteiger charge is -2.22. The minimum absolute atomic E-state index is 0.0326. The molecule has 0 atom stereocenters. The fourth-order valence-electron chi connectivity index (χ4n) is 2.43. The molecule has 0 heterocycles. The summed E-state index contributed by atoms with van der Waals surface area (Å²) in [5, 5.41) is 3.29. The first-order chi connectivity index (χ1) is 12.3. The summed E-state index contributed by atoms with van der Waals surface area (Å²) in [5.41, 5.74) is 1.32. The Morgan fingerprint density at radius 2 is 1.81 bits per heavy atom. The van der Waals surface area contributed by atoms with Crippen molar-refractivity contribution in [2.45, 2.75) is 13.0 Å². The number of carbonyl (C=O) groups excluding carboxylic acids is 1. The van der Waals surface area contributed by atoms with Crippen molar-refractivity contribution in [3.8, 4) is 5.75 Å². The number of anilines is 1. The van der Waals surface area contributed by atoms with E-state index in [9.17, 15) is 13.2 Å². The van der Waals surface area contributed by atoms with Crippen LogP contribution in [0.4, 0.5) is 5.69 Å². The lowest BCUT2D eigenvalue weighted by atomic mass is 10.2. The molecule has 2 rings (SSSR count). The van der Waals surface area contributed by atoms with Gasteiger partial charge in [0.15, 0.2) is 0 Å². The third kappa shape index (κ3) is 5.64. The van der Waals surface area contributed by atoms with Crippen LogP contribution < -0.4 is 14.4 Å². The second kappa shape index (κ2) is 8.91. The van der Waals surface area contributed by atoms with E-state index in [4.69, 9.17) is 16.3 Å². The van der Waals surface area contributed by atoms with Crippen molar-refractivity contribution in [3.63, 3.8) is 0 Å². The standard InChI is InChI=1S/C18H21ClN2O4S/c1-25-17-6-4-3-5-14(17)13-20-18(22)11-12-21(26(2,23)24)16-9-7-15(19)8-10-16/h3-10H,11-13H2,1-2H3,(H,20,22). The van der Waals surface area contributed by atoms with Gasteiger partial charge in [-0.15, -0.1) is 0 Å². The van der Waals surface area contributed by atoms with Crippen LogP contribution in [0.3, 0.4) is 0 Å². The zero-order valence-electron chi connectivity index (χ0n) is 14.6. The number of carbonyl (C=O) groups is 1. The van der Waals surface area contributed by atoms with Gasteiger partial charge in [-0.3, -0.25) is 9.10 Å². The molecule has 26 heavy (non-hydrogen) atoms. The van der Waals surface area contributed by atoms with E-state index in [-0.39, 0.29) is 18.9 Å². The van der Waals surface area contributed by atoms with E-state index in [1.54, 1.807) is 31.4 Å². The predicted molar refractivity (Wildman–Crippen MR) is 103 cm³/mol. The summed E-state index contributed by atoms with van der Waals surface area (Å²) in [6.45, 7) is 0.348. The van der Waals surface area contributed by atoms with Crippen molar-refractivity contribution in [2.24, 2.45) is 0 Å². The van der Waals surface area contributed by atoms with E-state index in [1.165, 1.54) is 4.31 Å². The maximum Gasteiger partial charge on any atom is 0.232 e. The maximum atomic E-state index is 12.1. The summed E-state index contributed by atoms with van der Waals surface area (Å²) >= 11 is 5.84. The first-order valence-corrected chi connectivity index (χ1v) is 10.2. The molecular formula is C18H21ClN2O4S. The minimum atomic E-state index is -3.51.